The van der Waals surface area contributed by atoms with E-state index >= 15 is 0 Å². The van der Waals surface area contributed by atoms with Gasteiger partial charge in [-0.1, -0.05) is 18.2 Å². The van der Waals surface area contributed by atoms with Gasteiger partial charge in [0.1, 0.15) is 24.2 Å². The van der Waals surface area contributed by atoms with Gasteiger partial charge in [-0.2, -0.15) is 0 Å². The first-order chi connectivity index (χ1) is 20.0. The van der Waals surface area contributed by atoms with Crippen LogP contribution in [0.3, 0.4) is 0 Å². The Morgan fingerprint density at radius 2 is 1.98 bits per heavy atom. The van der Waals surface area contributed by atoms with Gasteiger partial charge in [-0.25, -0.2) is 9.97 Å². The van der Waals surface area contributed by atoms with Crippen LogP contribution in [-0.2, 0) is 22.6 Å². The van der Waals surface area contributed by atoms with Crippen molar-refractivity contribution in [2.75, 3.05) is 36.5 Å². The minimum Gasteiger partial charge on any atom is -0.444 e. The molecule has 0 aliphatic carbocycles. The number of hydrogen-bond donors (Lipinski definition) is 3. The number of anilines is 2. The van der Waals surface area contributed by atoms with Gasteiger partial charge < -0.3 is 29.7 Å². The Morgan fingerprint density at radius 3 is 2.78 bits per heavy atom. The van der Waals surface area contributed by atoms with Crippen molar-refractivity contribution < 1.29 is 13.9 Å². The Labute approximate surface area is 235 Å². The molecule has 1 saturated heterocycles. The molecule has 0 bridgehead atoms. The van der Waals surface area contributed by atoms with E-state index in [2.05, 4.69) is 30.6 Å². The maximum absolute atomic E-state index is 13.7. The summed E-state index contributed by atoms with van der Waals surface area (Å²) in [5.41, 5.74) is 3.18. The van der Waals surface area contributed by atoms with Gasteiger partial charge in [0, 0.05) is 47.6 Å². The number of H-pyrrole nitrogens is 1. The number of amides is 1. The quantitative estimate of drug-likeness (QED) is 0.250. The zero-order chi connectivity index (χ0) is 28.2. The van der Waals surface area contributed by atoms with Gasteiger partial charge in [0.15, 0.2) is 0 Å². The number of fused-ring (bicyclic) bond motifs is 1. The Kier molecular flexibility index (Phi) is 7.46. The number of carbonyl (C=O) groups is 1. The standard InChI is InChI=1S/C29H30N8O4/c1-19(25-18-41-27(35-25)20-5-3-2-4-6-20)33-24-16-32-29(36-9-11-40-12-10-36)37(28(24)39)17-26(38)31-15-22-13-21-14-30-8-7-23(21)34-22/h2-8,13-14,16,18-19,33-34H,9-12,15,17H2,1H3,(H,31,38)/t19-/m1/s1. The van der Waals surface area contributed by atoms with Gasteiger partial charge in [0.2, 0.25) is 17.7 Å². The summed E-state index contributed by atoms with van der Waals surface area (Å²) in [4.78, 5) is 45.3. The number of pyridine rings is 1. The molecule has 1 amide bonds. The van der Waals surface area contributed by atoms with Crippen LogP contribution in [0.4, 0.5) is 11.6 Å². The molecule has 0 saturated carbocycles. The number of ether oxygens (including phenoxy) is 1. The molecule has 0 unspecified atom stereocenters. The number of nitrogens with one attached hydrogen (secondary N) is 3. The molecule has 3 N–H and O–H groups in total. The Hall–Kier alpha value is -4.97. The van der Waals surface area contributed by atoms with Crippen LogP contribution in [0.25, 0.3) is 22.4 Å². The van der Waals surface area contributed by atoms with Gasteiger partial charge in [-0.05, 0) is 31.2 Å². The summed E-state index contributed by atoms with van der Waals surface area (Å²) in [7, 11) is 0. The lowest BCUT2D eigenvalue weighted by Crippen LogP contribution is -2.42. The van der Waals surface area contributed by atoms with E-state index in [9.17, 15) is 9.59 Å². The van der Waals surface area contributed by atoms with Crippen molar-refractivity contribution in [3.8, 4) is 11.5 Å². The fourth-order valence-corrected chi connectivity index (χ4v) is 4.77. The zero-order valence-corrected chi connectivity index (χ0v) is 22.5. The van der Waals surface area contributed by atoms with E-state index in [0.717, 1.165) is 22.2 Å². The van der Waals surface area contributed by atoms with Crippen LogP contribution in [0.2, 0.25) is 0 Å². The predicted molar refractivity (Wildman–Crippen MR) is 153 cm³/mol. The van der Waals surface area contributed by atoms with Crippen molar-refractivity contribution >= 4 is 28.4 Å². The van der Waals surface area contributed by atoms with E-state index in [-0.39, 0.29) is 36.3 Å². The van der Waals surface area contributed by atoms with Gasteiger partial charge in [-0.15, -0.1) is 0 Å². The normalized spacial score (nSPS) is 14.2. The number of aromatic amines is 1. The average molecular weight is 555 g/mol. The molecular formula is C29H30N8O4. The van der Waals surface area contributed by atoms with Crippen LogP contribution in [0, 0.1) is 0 Å². The summed E-state index contributed by atoms with van der Waals surface area (Å²) in [5.74, 6) is 0.612. The molecule has 12 heteroatoms. The summed E-state index contributed by atoms with van der Waals surface area (Å²) in [5, 5.41) is 7.07. The molecule has 1 aliphatic rings. The molecule has 6 rings (SSSR count). The average Bonchev–Trinajstić information content (AvgIpc) is 3.67. The summed E-state index contributed by atoms with van der Waals surface area (Å²) < 4.78 is 12.5. The number of morpholine rings is 1. The van der Waals surface area contributed by atoms with Crippen LogP contribution >= 0.6 is 0 Å². The molecule has 5 heterocycles. The third-order valence-electron chi connectivity index (χ3n) is 6.93. The Morgan fingerprint density at radius 1 is 1.15 bits per heavy atom. The van der Waals surface area contributed by atoms with E-state index in [0.29, 0.717) is 43.8 Å². The third kappa shape index (κ3) is 5.82. The van der Waals surface area contributed by atoms with Gasteiger partial charge in [0.05, 0.1) is 32.0 Å². The van der Waals surface area contributed by atoms with Crippen molar-refractivity contribution in [3.05, 3.63) is 89.1 Å². The molecule has 1 aromatic carbocycles. The van der Waals surface area contributed by atoms with Crippen molar-refractivity contribution in [1.29, 1.82) is 0 Å². The predicted octanol–water partition coefficient (Wildman–Crippen LogP) is 3.10. The molecule has 1 aliphatic heterocycles. The van der Waals surface area contributed by atoms with E-state index in [1.54, 1.807) is 18.7 Å². The van der Waals surface area contributed by atoms with E-state index in [1.807, 2.05) is 54.3 Å². The first-order valence-corrected chi connectivity index (χ1v) is 13.4. The zero-order valence-electron chi connectivity index (χ0n) is 22.5. The van der Waals surface area contributed by atoms with E-state index in [1.165, 1.54) is 10.8 Å². The first kappa shape index (κ1) is 26.3. The van der Waals surface area contributed by atoms with Crippen LogP contribution in [0.1, 0.15) is 24.4 Å². The van der Waals surface area contributed by atoms with Gasteiger partial charge >= 0.3 is 0 Å². The lowest BCUT2D eigenvalue weighted by Gasteiger charge is -2.29. The molecule has 5 aromatic rings. The molecule has 12 nitrogen and oxygen atoms in total. The van der Waals surface area contributed by atoms with Crippen molar-refractivity contribution in [2.24, 2.45) is 0 Å². The number of carbonyl (C=O) groups excluding carboxylic acids is 1. The number of nitrogens with zero attached hydrogens (tertiary/aromatic N) is 5. The number of aromatic nitrogens is 5. The molecule has 4 aromatic heterocycles. The van der Waals surface area contributed by atoms with E-state index in [4.69, 9.17) is 9.15 Å². The van der Waals surface area contributed by atoms with Crippen molar-refractivity contribution in [1.82, 2.24) is 29.8 Å². The van der Waals surface area contributed by atoms with Crippen LogP contribution < -0.4 is 21.1 Å². The summed E-state index contributed by atoms with van der Waals surface area (Å²) in [6, 6.07) is 13.1. The monoisotopic (exact) mass is 554 g/mol. The SMILES string of the molecule is C[C@@H](Nc1cnc(N2CCOCC2)n(CC(=O)NCc2cc3cnccc3[nH]2)c1=O)c1coc(-c2ccccc2)n1. The van der Waals surface area contributed by atoms with Crippen molar-refractivity contribution in [2.45, 2.75) is 26.1 Å². The molecule has 1 fully saturated rings. The molecule has 0 radical (unpaired) electrons. The van der Waals surface area contributed by atoms with Gasteiger partial charge in [0.25, 0.3) is 5.56 Å². The number of rotatable bonds is 9. The minimum atomic E-state index is -0.355. The molecule has 1 atom stereocenters. The number of oxazole rings is 1. The fourth-order valence-electron chi connectivity index (χ4n) is 4.77. The van der Waals surface area contributed by atoms with Crippen LogP contribution in [0.15, 0.2) is 76.5 Å². The van der Waals surface area contributed by atoms with Gasteiger partial charge in [-0.3, -0.25) is 19.1 Å². The lowest BCUT2D eigenvalue weighted by molar-refractivity contribution is -0.121. The maximum atomic E-state index is 13.7. The highest BCUT2D eigenvalue weighted by Gasteiger charge is 2.22. The van der Waals surface area contributed by atoms with Crippen molar-refractivity contribution in [3.63, 3.8) is 0 Å². The Bertz CT molecular complexity index is 1670. The topological polar surface area (TPSA) is 143 Å². The van der Waals surface area contributed by atoms with Crippen LogP contribution in [0.5, 0.6) is 0 Å². The first-order valence-electron chi connectivity index (χ1n) is 13.4. The fraction of sp³-hybridized carbons (Fsp3) is 0.276. The lowest BCUT2D eigenvalue weighted by atomic mass is 10.2. The smallest absolute Gasteiger partial charge is 0.278 e. The molecule has 0 spiro atoms. The summed E-state index contributed by atoms with van der Waals surface area (Å²) in [6.07, 6.45) is 6.55. The van der Waals surface area contributed by atoms with E-state index < -0.39 is 0 Å². The Balaban J connectivity index is 1.21. The maximum Gasteiger partial charge on any atom is 0.278 e. The minimum absolute atomic E-state index is 0.188. The summed E-state index contributed by atoms with van der Waals surface area (Å²) >= 11 is 0. The highest BCUT2D eigenvalue weighted by Crippen LogP contribution is 2.23. The second kappa shape index (κ2) is 11.6. The highest BCUT2D eigenvalue weighted by molar-refractivity contribution is 5.80. The second-order valence-corrected chi connectivity index (χ2v) is 9.81. The molecule has 210 valence electrons. The third-order valence-corrected chi connectivity index (χ3v) is 6.93. The summed E-state index contributed by atoms with van der Waals surface area (Å²) in [6.45, 7) is 4.16. The highest BCUT2D eigenvalue weighted by atomic mass is 16.5. The largest absolute Gasteiger partial charge is 0.444 e. The second-order valence-electron chi connectivity index (χ2n) is 9.81. The molecular weight excluding hydrogens is 524 g/mol. The van der Waals surface area contributed by atoms with Crippen LogP contribution in [-0.4, -0.2) is 56.7 Å². The number of hydrogen-bond acceptors (Lipinski definition) is 9. The molecule has 41 heavy (non-hydrogen) atoms. The number of benzene rings is 1.